The van der Waals surface area contributed by atoms with Crippen LogP contribution in [0.3, 0.4) is 0 Å². The number of rotatable bonds is 4. The summed E-state index contributed by atoms with van der Waals surface area (Å²) in [4.78, 5) is 24.4. The van der Waals surface area contributed by atoms with E-state index >= 15 is 0 Å². The van der Waals surface area contributed by atoms with Gasteiger partial charge in [0.15, 0.2) is 0 Å². The number of carbonyl (C=O) groups excluding carboxylic acids is 2. The van der Waals surface area contributed by atoms with Crippen LogP contribution in [-0.2, 0) is 14.8 Å². The Bertz CT molecular complexity index is 1110. The molecular formula is C18H15Cl2FN2O5S. The first kappa shape index (κ1) is 21.4. The summed E-state index contributed by atoms with van der Waals surface area (Å²) < 4.78 is 44.2. The maximum Gasteiger partial charge on any atom is 0.337 e. The van der Waals surface area contributed by atoms with Crippen molar-refractivity contribution in [2.24, 2.45) is 0 Å². The van der Waals surface area contributed by atoms with E-state index in [0.29, 0.717) is 6.42 Å². The lowest BCUT2D eigenvalue weighted by Gasteiger charge is -2.18. The zero-order valence-electron chi connectivity index (χ0n) is 15.0. The number of halogens is 3. The summed E-state index contributed by atoms with van der Waals surface area (Å²) in [6.45, 7) is 0.182. The molecule has 2 aromatic rings. The fourth-order valence-corrected chi connectivity index (χ4v) is 4.89. The molecule has 7 nitrogen and oxygen atoms in total. The third-order valence-corrected chi connectivity index (χ3v) is 6.69. The van der Waals surface area contributed by atoms with Gasteiger partial charge >= 0.3 is 5.97 Å². The van der Waals surface area contributed by atoms with E-state index in [1.54, 1.807) is 0 Å². The summed E-state index contributed by atoms with van der Waals surface area (Å²) in [5.41, 5.74) is 0.00214. The van der Waals surface area contributed by atoms with Crippen LogP contribution in [0.2, 0.25) is 10.0 Å². The van der Waals surface area contributed by atoms with E-state index in [1.807, 2.05) is 0 Å². The van der Waals surface area contributed by atoms with Gasteiger partial charge in [0.05, 0.1) is 34.7 Å². The van der Waals surface area contributed by atoms with E-state index in [2.05, 4.69) is 10.1 Å². The number of sulfonamides is 1. The molecule has 0 aromatic heterocycles. The van der Waals surface area contributed by atoms with E-state index in [1.165, 1.54) is 31.4 Å². The summed E-state index contributed by atoms with van der Waals surface area (Å²) in [6.07, 6.45) is 0.396. The average molecular weight is 461 g/mol. The van der Waals surface area contributed by atoms with Crippen molar-refractivity contribution in [2.75, 3.05) is 29.0 Å². The number of hydrogen-bond acceptors (Lipinski definition) is 5. The van der Waals surface area contributed by atoms with Gasteiger partial charge in [0.2, 0.25) is 10.0 Å². The molecule has 154 valence electrons. The number of methoxy groups -OCH3 is 1. The maximum absolute atomic E-state index is 14.3. The van der Waals surface area contributed by atoms with Gasteiger partial charge in [-0.05, 0) is 36.8 Å². The molecule has 1 aliphatic rings. The molecule has 1 N–H and O–H groups in total. The lowest BCUT2D eigenvalue weighted by molar-refractivity contribution is 0.0600. The van der Waals surface area contributed by atoms with Gasteiger partial charge in [-0.1, -0.05) is 23.2 Å². The van der Waals surface area contributed by atoms with Crippen molar-refractivity contribution in [1.82, 2.24) is 0 Å². The number of ether oxygens (including phenoxy) is 1. The number of benzene rings is 2. The Morgan fingerprint density at radius 2 is 1.90 bits per heavy atom. The first-order valence-corrected chi connectivity index (χ1v) is 10.7. The molecule has 1 fully saturated rings. The minimum atomic E-state index is -3.57. The van der Waals surface area contributed by atoms with Crippen LogP contribution in [0.5, 0.6) is 0 Å². The highest BCUT2D eigenvalue weighted by Gasteiger charge is 2.30. The summed E-state index contributed by atoms with van der Waals surface area (Å²) in [5, 5.41) is 2.18. The molecule has 0 bridgehead atoms. The number of nitrogens with one attached hydrogen (secondary N) is 1. The summed E-state index contributed by atoms with van der Waals surface area (Å²) in [7, 11) is -2.38. The van der Waals surface area contributed by atoms with E-state index in [-0.39, 0.29) is 39.8 Å². The number of nitrogens with zero attached hydrogens (tertiary/aromatic N) is 1. The third kappa shape index (κ3) is 4.47. The number of carbonyl (C=O) groups is 2. The molecule has 1 aliphatic heterocycles. The lowest BCUT2D eigenvalue weighted by Crippen LogP contribution is -2.26. The van der Waals surface area contributed by atoms with Crippen LogP contribution in [0.1, 0.15) is 27.1 Å². The Morgan fingerprint density at radius 1 is 1.17 bits per heavy atom. The maximum atomic E-state index is 14.3. The van der Waals surface area contributed by atoms with Gasteiger partial charge in [-0.2, -0.15) is 0 Å². The highest BCUT2D eigenvalue weighted by molar-refractivity contribution is 7.93. The van der Waals surface area contributed by atoms with Crippen molar-refractivity contribution in [3.8, 4) is 0 Å². The van der Waals surface area contributed by atoms with Crippen LogP contribution in [0.25, 0.3) is 0 Å². The monoisotopic (exact) mass is 460 g/mol. The van der Waals surface area contributed by atoms with Crippen molar-refractivity contribution in [3.63, 3.8) is 0 Å². The summed E-state index contributed by atoms with van der Waals surface area (Å²) >= 11 is 11.9. The zero-order chi connectivity index (χ0) is 21.3. The Balaban J connectivity index is 1.96. The fourth-order valence-electron chi connectivity index (χ4n) is 2.91. The molecule has 1 saturated heterocycles. The number of anilines is 2. The first-order valence-electron chi connectivity index (χ1n) is 8.32. The third-order valence-electron chi connectivity index (χ3n) is 4.22. The Labute approximate surface area is 176 Å². The highest BCUT2D eigenvalue weighted by Crippen LogP contribution is 2.31. The minimum Gasteiger partial charge on any atom is -0.465 e. The molecule has 0 atom stereocenters. The van der Waals surface area contributed by atoms with Crippen LogP contribution >= 0.6 is 23.2 Å². The molecule has 0 saturated carbocycles. The largest absolute Gasteiger partial charge is 0.465 e. The Morgan fingerprint density at radius 3 is 2.52 bits per heavy atom. The smallest absolute Gasteiger partial charge is 0.337 e. The van der Waals surface area contributed by atoms with Gasteiger partial charge in [0.1, 0.15) is 5.82 Å². The molecule has 0 radical (unpaired) electrons. The second-order valence-corrected chi connectivity index (χ2v) is 9.03. The highest BCUT2D eigenvalue weighted by atomic mass is 35.5. The van der Waals surface area contributed by atoms with Crippen molar-refractivity contribution < 1.29 is 27.1 Å². The molecule has 0 spiro atoms. The summed E-state index contributed by atoms with van der Waals surface area (Å²) in [5.74, 6) is -2.45. The van der Waals surface area contributed by atoms with Crippen LogP contribution in [0.4, 0.5) is 15.8 Å². The minimum absolute atomic E-state index is 0.0101. The Kier molecular flexibility index (Phi) is 6.02. The standard InChI is InChI=1S/C18H15Cl2FN2O5S/c1-28-18(25)10-5-11(19)7-12(6-10)22-17(24)14-8-13(9-15(21)16(14)20)23-3-2-4-29(23,26)27/h5-9H,2-4H2,1H3,(H,22,24). The molecular weight excluding hydrogens is 446 g/mol. The predicted octanol–water partition coefficient (Wildman–Crippen LogP) is 3.71. The first-order chi connectivity index (χ1) is 13.6. The van der Waals surface area contributed by atoms with Gasteiger partial charge in [0, 0.05) is 17.3 Å². The lowest BCUT2D eigenvalue weighted by atomic mass is 10.1. The van der Waals surface area contributed by atoms with E-state index < -0.39 is 32.7 Å². The van der Waals surface area contributed by atoms with Gasteiger partial charge in [-0.15, -0.1) is 0 Å². The van der Waals surface area contributed by atoms with Crippen molar-refractivity contribution in [1.29, 1.82) is 0 Å². The van der Waals surface area contributed by atoms with Crippen LogP contribution in [0.15, 0.2) is 30.3 Å². The second-order valence-electron chi connectivity index (χ2n) is 6.21. The number of hydrogen-bond donors (Lipinski definition) is 1. The van der Waals surface area contributed by atoms with Crippen molar-refractivity contribution in [3.05, 3.63) is 57.3 Å². The predicted molar refractivity (Wildman–Crippen MR) is 108 cm³/mol. The van der Waals surface area contributed by atoms with Crippen molar-refractivity contribution in [2.45, 2.75) is 6.42 Å². The van der Waals surface area contributed by atoms with Gasteiger partial charge in [-0.25, -0.2) is 17.6 Å². The SMILES string of the molecule is COC(=O)c1cc(Cl)cc(NC(=O)c2cc(N3CCCS3(=O)=O)cc(F)c2Cl)c1. The quantitative estimate of drug-likeness (QED) is 0.701. The normalized spacial score (nSPS) is 15.2. The van der Waals surface area contributed by atoms with Gasteiger partial charge in [-0.3, -0.25) is 9.10 Å². The molecule has 3 rings (SSSR count). The molecule has 1 amide bonds. The summed E-state index contributed by atoms with van der Waals surface area (Å²) in [6, 6.07) is 6.24. The topological polar surface area (TPSA) is 92.8 Å². The van der Waals surface area contributed by atoms with E-state index in [0.717, 1.165) is 10.4 Å². The van der Waals surface area contributed by atoms with Gasteiger partial charge in [0.25, 0.3) is 5.91 Å². The molecule has 2 aromatic carbocycles. The zero-order valence-corrected chi connectivity index (χ0v) is 17.4. The fraction of sp³-hybridized carbons (Fsp3) is 0.222. The Hall–Kier alpha value is -2.36. The average Bonchev–Trinajstić information content (AvgIpc) is 3.01. The van der Waals surface area contributed by atoms with Crippen LogP contribution in [-0.4, -0.2) is 39.7 Å². The van der Waals surface area contributed by atoms with Crippen LogP contribution in [0, 0.1) is 5.82 Å². The number of esters is 1. The molecule has 29 heavy (non-hydrogen) atoms. The van der Waals surface area contributed by atoms with E-state index in [9.17, 15) is 22.4 Å². The van der Waals surface area contributed by atoms with Crippen molar-refractivity contribution >= 4 is 56.5 Å². The molecule has 0 unspecified atom stereocenters. The van der Waals surface area contributed by atoms with Gasteiger partial charge < -0.3 is 10.1 Å². The molecule has 11 heteroatoms. The molecule has 1 heterocycles. The van der Waals surface area contributed by atoms with Crippen LogP contribution < -0.4 is 9.62 Å². The molecule has 0 aliphatic carbocycles. The number of amides is 1. The van der Waals surface area contributed by atoms with E-state index in [4.69, 9.17) is 23.2 Å². The second kappa shape index (κ2) is 8.17.